The molecule has 0 spiro atoms. The van der Waals surface area contributed by atoms with Gasteiger partial charge >= 0.3 is 0 Å². The lowest BCUT2D eigenvalue weighted by Crippen LogP contribution is -2.29. The molecule has 3 aromatic rings. The van der Waals surface area contributed by atoms with Crippen LogP contribution in [0.5, 0.6) is 5.88 Å². The summed E-state index contributed by atoms with van der Waals surface area (Å²) in [6.45, 7) is 1.88. The number of hydrogen-bond donors (Lipinski definition) is 2. The highest BCUT2D eigenvalue weighted by Gasteiger charge is 2.42. The molecule has 1 aliphatic heterocycles. The van der Waals surface area contributed by atoms with Crippen molar-refractivity contribution in [1.29, 1.82) is 0 Å². The predicted molar refractivity (Wildman–Crippen MR) is 131 cm³/mol. The van der Waals surface area contributed by atoms with Crippen molar-refractivity contribution in [2.24, 2.45) is 11.8 Å². The molecule has 1 saturated carbocycles. The summed E-state index contributed by atoms with van der Waals surface area (Å²) in [7, 11) is 0. The van der Waals surface area contributed by atoms with Crippen molar-refractivity contribution in [3.8, 4) is 5.88 Å². The van der Waals surface area contributed by atoms with Crippen molar-refractivity contribution < 1.29 is 19.4 Å². The number of carbonyl (C=O) groups excluding carboxylic acids is 1. The Kier molecular flexibility index (Phi) is 7.27. The van der Waals surface area contributed by atoms with E-state index in [9.17, 15) is 9.90 Å². The van der Waals surface area contributed by atoms with E-state index in [1.165, 1.54) is 0 Å². The van der Waals surface area contributed by atoms with Crippen LogP contribution in [0.3, 0.4) is 0 Å². The van der Waals surface area contributed by atoms with E-state index in [1.54, 1.807) is 18.3 Å². The van der Waals surface area contributed by atoms with Crippen LogP contribution >= 0.6 is 11.6 Å². The number of hydrogen-bond acceptors (Lipinski definition) is 6. The van der Waals surface area contributed by atoms with E-state index >= 15 is 0 Å². The number of rotatable bonds is 8. The van der Waals surface area contributed by atoms with Crippen molar-refractivity contribution in [2.75, 3.05) is 13.2 Å². The molecule has 1 aromatic heterocycles. The zero-order valence-electron chi connectivity index (χ0n) is 19.3. The lowest BCUT2D eigenvalue weighted by molar-refractivity contribution is 0.0297. The van der Waals surface area contributed by atoms with Crippen LogP contribution in [0.1, 0.15) is 51.6 Å². The molecule has 2 bridgehead atoms. The van der Waals surface area contributed by atoms with Crippen LogP contribution in [-0.2, 0) is 24.5 Å². The third-order valence-electron chi connectivity index (χ3n) is 6.86. The minimum Gasteiger partial charge on any atom is -0.472 e. The molecule has 2 fully saturated rings. The molecule has 2 atom stereocenters. The van der Waals surface area contributed by atoms with Gasteiger partial charge in [-0.05, 0) is 47.4 Å². The standard InChI is InChI=1S/C27H28ClN3O4/c28-23-10-18(6-7-19(23)13-32)14-35-27-22(26(33)30-11-17-4-2-1-3-5-17)12-29-25(31-27)24-20-8-9-21(24)16-34-15-20/h1-7,10,12,20-21,24,32H,8-9,11,13-16H2,(H,30,33). The second-order valence-corrected chi connectivity index (χ2v) is 9.56. The third kappa shape index (κ3) is 5.32. The molecule has 2 heterocycles. The number of nitrogens with zero attached hydrogens (tertiary/aromatic N) is 2. The normalized spacial score (nSPS) is 21.0. The topological polar surface area (TPSA) is 93.6 Å². The summed E-state index contributed by atoms with van der Waals surface area (Å²) in [6, 6.07) is 15.1. The average molecular weight is 494 g/mol. The van der Waals surface area contributed by atoms with Crippen LogP contribution in [-0.4, -0.2) is 34.2 Å². The Morgan fingerprint density at radius 2 is 1.89 bits per heavy atom. The number of amides is 1. The monoisotopic (exact) mass is 493 g/mol. The number of ether oxygens (including phenoxy) is 2. The first-order valence-electron chi connectivity index (χ1n) is 11.9. The van der Waals surface area contributed by atoms with Gasteiger partial charge in [0.05, 0.1) is 19.8 Å². The van der Waals surface area contributed by atoms with Gasteiger partial charge in [-0.15, -0.1) is 0 Å². The Morgan fingerprint density at radius 1 is 1.11 bits per heavy atom. The van der Waals surface area contributed by atoms with Gasteiger partial charge < -0.3 is 19.9 Å². The van der Waals surface area contributed by atoms with E-state index in [0.717, 1.165) is 37.2 Å². The number of halogens is 1. The highest BCUT2D eigenvalue weighted by Crippen LogP contribution is 2.46. The van der Waals surface area contributed by atoms with Gasteiger partial charge in [0.1, 0.15) is 18.0 Å². The predicted octanol–water partition coefficient (Wildman–Crippen LogP) is 4.27. The van der Waals surface area contributed by atoms with E-state index in [4.69, 9.17) is 26.1 Å². The molecule has 0 radical (unpaired) electrons. The van der Waals surface area contributed by atoms with Gasteiger partial charge in [0.25, 0.3) is 5.91 Å². The maximum Gasteiger partial charge on any atom is 0.258 e. The number of aliphatic hydroxyl groups is 1. The fraction of sp³-hybridized carbons (Fsp3) is 0.370. The largest absolute Gasteiger partial charge is 0.472 e. The fourth-order valence-corrected chi connectivity index (χ4v) is 5.24. The SMILES string of the molecule is O=C(NCc1ccccc1)c1cnc(C2C3CCC2COC3)nc1OCc1ccc(CO)c(Cl)c1. The molecule has 1 saturated heterocycles. The van der Waals surface area contributed by atoms with E-state index in [2.05, 4.69) is 10.3 Å². The summed E-state index contributed by atoms with van der Waals surface area (Å²) in [4.78, 5) is 22.5. The lowest BCUT2D eigenvalue weighted by Gasteiger charge is -2.29. The molecule has 2 aliphatic rings. The van der Waals surface area contributed by atoms with Gasteiger partial charge in [0.15, 0.2) is 0 Å². The highest BCUT2D eigenvalue weighted by molar-refractivity contribution is 6.31. The smallest absolute Gasteiger partial charge is 0.258 e. The first kappa shape index (κ1) is 23.7. The fourth-order valence-electron chi connectivity index (χ4n) is 4.98. The molecule has 182 valence electrons. The summed E-state index contributed by atoms with van der Waals surface area (Å²) in [5.74, 6) is 1.68. The van der Waals surface area contributed by atoms with Crippen LogP contribution < -0.4 is 10.1 Å². The van der Waals surface area contributed by atoms with Crippen LogP contribution in [0.15, 0.2) is 54.7 Å². The zero-order valence-corrected chi connectivity index (χ0v) is 20.1. The second-order valence-electron chi connectivity index (χ2n) is 9.15. The van der Waals surface area contributed by atoms with Crippen LogP contribution in [0.4, 0.5) is 0 Å². The maximum atomic E-state index is 13.1. The Hall–Kier alpha value is -3.00. The number of nitrogens with one attached hydrogen (secondary N) is 1. The van der Waals surface area contributed by atoms with Crippen molar-refractivity contribution in [3.05, 3.63) is 87.8 Å². The Balaban J connectivity index is 1.39. The molecular weight excluding hydrogens is 466 g/mol. The quantitative estimate of drug-likeness (QED) is 0.486. The molecule has 2 aromatic carbocycles. The number of benzene rings is 2. The summed E-state index contributed by atoms with van der Waals surface area (Å²) in [5.41, 5.74) is 2.75. The maximum absolute atomic E-state index is 13.1. The van der Waals surface area contributed by atoms with Crippen LogP contribution in [0.25, 0.3) is 0 Å². The molecule has 8 heteroatoms. The molecule has 2 N–H and O–H groups in total. The molecule has 1 amide bonds. The zero-order chi connectivity index (χ0) is 24.2. The van der Waals surface area contributed by atoms with E-state index in [1.807, 2.05) is 36.4 Å². The summed E-state index contributed by atoms with van der Waals surface area (Å²) >= 11 is 6.24. The molecular formula is C27H28ClN3O4. The van der Waals surface area contributed by atoms with E-state index in [-0.39, 0.29) is 30.9 Å². The minimum absolute atomic E-state index is 0.131. The molecule has 7 nitrogen and oxygen atoms in total. The highest BCUT2D eigenvalue weighted by atomic mass is 35.5. The van der Waals surface area contributed by atoms with Crippen molar-refractivity contribution in [1.82, 2.24) is 15.3 Å². The van der Waals surface area contributed by atoms with Crippen molar-refractivity contribution >= 4 is 17.5 Å². The first-order chi connectivity index (χ1) is 17.1. The molecule has 5 rings (SSSR count). The molecule has 1 aliphatic carbocycles. The van der Waals surface area contributed by atoms with Gasteiger partial charge in [-0.1, -0.05) is 54.1 Å². The summed E-state index contributed by atoms with van der Waals surface area (Å²) in [6.07, 6.45) is 3.78. The first-order valence-corrected chi connectivity index (χ1v) is 12.3. The summed E-state index contributed by atoms with van der Waals surface area (Å²) < 4.78 is 11.8. The number of aromatic nitrogens is 2. The van der Waals surface area contributed by atoms with Gasteiger partial charge in [0.2, 0.25) is 5.88 Å². The second kappa shape index (κ2) is 10.7. The Morgan fingerprint density at radius 3 is 2.60 bits per heavy atom. The summed E-state index contributed by atoms with van der Waals surface area (Å²) in [5, 5.41) is 12.8. The third-order valence-corrected chi connectivity index (χ3v) is 7.21. The van der Waals surface area contributed by atoms with Crippen molar-refractivity contribution in [3.63, 3.8) is 0 Å². The van der Waals surface area contributed by atoms with Crippen LogP contribution in [0.2, 0.25) is 5.02 Å². The van der Waals surface area contributed by atoms with E-state index < -0.39 is 0 Å². The number of fused-ring (bicyclic) bond motifs is 2. The Bertz CT molecular complexity index is 1170. The van der Waals surface area contributed by atoms with Gasteiger partial charge in [0, 0.05) is 23.7 Å². The van der Waals surface area contributed by atoms with Gasteiger partial charge in [-0.25, -0.2) is 4.98 Å². The van der Waals surface area contributed by atoms with Gasteiger partial charge in [-0.2, -0.15) is 4.98 Å². The molecule has 2 unspecified atom stereocenters. The lowest BCUT2D eigenvalue weighted by atomic mass is 9.87. The number of carbonyl (C=O) groups is 1. The van der Waals surface area contributed by atoms with Crippen molar-refractivity contribution in [2.45, 2.75) is 38.5 Å². The molecule has 35 heavy (non-hydrogen) atoms. The number of aliphatic hydroxyl groups excluding tert-OH is 1. The minimum atomic E-state index is -0.293. The van der Waals surface area contributed by atoms with Crippen LogP contribution in [0, 0.1) is 11.8 Å². The van der Waals surface area contributed by atoms with Gasteiger partial charge in [-0.3, -0.25) is 4.79 Å². The Labute approximate surface area is 209 Å². The average Bonchev–Trinajstić information content (AvgIpc) is 3.14. The van der Waals surface area contributed by atoms with E-state index in [0.29, 0.717) is 40.4 Å².